The van der Waals surface area contributed by atoms with Crippen molar-refractivity contribution < 1.29 is 18.3 Å². The number of alkyl halides is 2. The van der Waals surface area contributed by atoms with Gasteiger partial charge < -0.3 is 19.9 Å². The molecule has 0 aromatic carbocycles. The van der Waals surface area contributed by atoms with E-state index >= 15 is 0 Å². The van der Waals surface area contributed by atoms with Crippen molar-refractivity contribution in [1.29, 1.82) is 0 Å². The zero-order valence-corrected chi connectivity index (χ0v) is 20.0. The molecule has 3 aromatic rings. The van der Waals surface area contributed by atoms with Crippen molar-refractivity contribution in [2.45, 2.75) is 51.2 Å². The number of aromatic nitrogens is 4. The lowest BCUT2D eigenvalue weighted by molar-refractivity contribution is 0.0255. The van der Waals surface area contributed by atoms with Gasteiger partial charge in [0.1, 0.15) is 17.2 Å². The lowest BCUT2D eigenvalue weighted by Crippen LogP contribution is -2.36. The average molecular weight is 486 g/mol. The number of rotatable bonds is 4. The quantitative estimate of drug-likeness (QED) is 0.596. The van der Waals surface area contributed by atoms with Crippen LogP contribution in [0.4, 0.5) is 25.2 Å². The minimum Gasteiger partial charge on any atom is -0.444 e. The molecule has 2 aliphatic rings. The lowest BCUT2D eigenvalue weighted by Gasteiger charge is -2.24. The molecular weight excluding hydrogens is 456 g/mol. The summed E-state index contributed by atoms with van der Waals surface area (Å²) in [6.45, 7) is 6.63. The van der Waals surface area contributed by atoms with Crippen molar-refractivity contribution in [3.63, 3.8) is 0 Å². The van der Waals surface area contributed by atoms with Crippen molar-refractivity contribution in [3.05, 3.63) is 36.8 Å². The van der Waals surface area contributed by atoms with E-state index in [1.807, 2.05) is 43.4 Å². The summed E-state index contributed by atoms with van der Waals surface area (Å²) in [6, 6.07) is 5.70. The molecular formula is C24H29F2N7O2. The third-order valence-electron chi connectivity index (χ3n) is 6.08. The van der Waals surface area contributed by atoms with E-state index in [1.165, 1.54) is 0 Å². The second-order valence-corrected chi connectivity index (χ2v) is 10.1. The first-order valence-electron chi connectivity index (χ1n) is 11.7. The summed E-state index contributed by atoms with van der Waals surface area (Å²) in [6.07, 6.45) is 5.32. The molecule has 0 spiro atoms. The summed E-state index contributed by atoms with van der Waals surface area (Å²) in [7, 11) is 0. The topological polar surface area (TPSA) is 87.9 Å². The maximum Gasteiger partial charge on any atom is 0.410 e. The number of anilines is 2. The van der Waals surface area contributed by atoms with Crippen LogP contribution < -0.4 is 10.2 Å². The smallest absolute Gasteiger partial charge is 0.410 e. The number of imidazole rings is 1. The molecule has 0 aliphatic carbocycles. The van der Waals surface area contributed by atoms with E-state index in [0.717, 1.165) is 12.1 Å². The molecule has 0 saturated carbocycles. The molecule has 1 atom stereocenters. The molecule has 2 fully saturated rings. The van der Waals surface area contributed by atoms with Gasteiger partial charge in [-0.1, -0.05) is 6.07 Å². The maximum atomic E-state index is 13.7. The van der Waals surface area contributed by atoms with E-state index in [-0.39, 0.29) is 31.6 Å². The Morgan fingerprint density at radius 1 is 1.20 bits per heavy atom. The van der Waals surface area contributed by atoms with Crippen LogP contribution in [0.3, 0.4) is 0 Å². The van der Waals surface area contributed by atoms with Crippen LogP contribution in [-0.4, -0.2) is 74.1 Å². The fourth-order valence-electron chi connectivity index (χ4n) is 4.40. The van der Waals surface area contributed by atoms with Gasteiger partial charge in [0.25, 0.3) is 5.92 Å². The Morgan fingerprint density at radius 3 is 2.77 bits per heavy atom. The predicted octanol–water partition coefficient (Wildman–Crippen LogP) is 4.06. The minimum absolute atomic E-state index is 0.0556. The summed E-state index contributed by atoms with van der Waals surface area (Å²) in [4.78, 5) is 29.1. The van der Waals surface area contributed by atoms with Gasteiger partial charge in [-0.3, -0.25) is 4.40 Å². The molecule has 1 N–H and O–H groups in total. The molecule has 5 heterocycles. The summed E-state index contributed by atoms with van der Waals surface area (Å²) in [5.74, 6) is -1.53. The number of halogens is 2. The highest BCUT2D eigenvalue weighted by atomic mass is 19.3. The highest BCUT2D eigenvalue weighted by Crippen LogP contribution is 2.31. The third kappa shape index (κ3) is 5.13. The van der Waals surface area contributed by atoms with Gasteiger partial charge in [0.2, 0.25) is 0 Å². The Morgan fingerprint density at radius 2 is 2.03 bits per heavy atom. The summed E-state index contributed by atoms with van der Waals surface area (Å²) < 4.78 is 34.7. The van der Waals surface area contributed by atoms with Crippen molar-refractivity contribution in [3.8, 4) is 11.4 Å². The van der Waals surface area contributed by atoms with Crippen LogP contribution in [0.5, 0.6) is 0 Å². The molecule has 2 saturated heterocycles. The molecule has 186 valence electrons. The molecule has 11 heteroatoms. The highest BCUT2D eigenvalue weighted by molar-refractivity contribution is 5.69. The summed E-state index contributed by atoms with van der Waals surface area (Å²) in [5.41, 5.74) is 1.50. The minimum atomic E-state index is -2.70. The lowest BCUT2D eigenvalue weighted by atomic mass is 10.2. The predicted molar refractivity (Wildman–Crippen MR) is 128 cm³/mol. The van der Waals surface area contributed by atoms with E-state index in [0.29, 0.717) is 36.1 Å². The number of fused-ring (bicyclic) bond motifs is 1. The van der Waals surface area contributed by atoms with Gasteiger partial charge in [-0.25, -0.2) is 28.5 Å². The van der Waals surface area contributed by atoms with Gasteiger partial charge in [0, 0.05) is 32.1 Å². The number of nitrogens with zero attached hydrogens (tertiary/aromatic N) is 6. The number of pyridine rings is 1. The number of hydrogen-bond acceptors (Lipinski definition) is 7. The van der Waals surface area contributed by atoms with Crippen LogP contribution in [0.2, 0.25) is 0 Å². The van der Waals surface area contributed by atoms with Crippen LogP contribution in [0.15, 0.2) is 36.8 Å². The monoisotopic (exact) mass is 485 g/mol. The van der Waals surface area contributed by atoms with E-state index < -0.39 is 11.5 Å². The van der Waals surface area contributed by atoms with E-state index in [9.17, 15) is 13.6 Å². The Labute approximate surface area is 202 Å². The van der Waals surface area contributed by atoms with E-state index in [4.69, 9.17) is 9.72 Å². The standard InChI is InChI=1S/C24H29F2N7O2/c1-23(2,3)35-22(34)31-9-7-16(13-31)29-19-6-4-5-17(30-19)18-11-27-20-12-28-21(14-33(18)20)32-10-8-24(25,26)15-32/h4-6,11-12,14,16H,7-10,13,15H2,1-3H3,(H,29,30). The van der Waals surface area contributed by atoms with Gasteiger partial charge in [0.05, 0.1) is 36.5 Å². The van der Waals surface area contributed by atoms with Crippen molar-refractivity contribution in [2.75, 3.05) is 36.4 Å². The van der Waals surface area contributed by atoms with Crippen LogP contribution in [0.25, 0.3) is 17.0 Å². The largest absolute Gasteiger partial charge is 0.444 e. The first kappa shape index (κ1) is 23.3. The average Bonchev–Trinajstić information content (AvgIpc) is 3.50. The normalized spacial score (nSPS) is 20.0. The second kappa shape index (κ2) is 8.62. The molecule has 0 bridgehead atoms. The zero-order valence-electron chi connectivity index (χ0n) is 20.0. The molecule has 5 rings (SSSR count). The molecule has 9 nitrogen and oxygen atoms in total. The SMILES string of the molecule is CC(C)(C)OC(=O)N1CCC(Nc2cccc(-c3cnc4cnc(N5CCC(F)(F)C5)cn34)n2)C1. The number of carbonyl (C=O) groups excluding carboxylic acids is 1. The number of carbonyl (C=O) groups is 1. The molecule has 2 aliphatic heterocycles. The van der Waals surface area contributed by atoms with Crippen LogP contribution in [0.1, 0.15) is 33.6 Å². The fourth-order valence-corrected chi connectivity index (χ4v) is 4.40. The zero-order chi connectivity index (χ0) is 24.8. The number of ether oxygens (including phenoxy) is 1. The van der Waals surface area contributed by atoms with Crippen molar-refractivity contribution >= 4 is 23.4 Å². The van der Waals surface area contributed by atoms with E-state index in [1.54, 1.807) is 28.4 Å². The number of amides is 1. The highest BCUT2D eigenvalue weighted by Gasteiger charge is 2.39. The Bertz CT molecular complexity index is 1240. The molecule has 0 radical (unpaired) electrons. The fraction of sp³-hybridized carbons (Fsp3) is 0.500. The Balaban J connectivity index is 1.32. The van der Waals surface area contributed by atoms with Gasteiger partial charge in [-0.15, -0.1) is 0 Å². The number of nitrogens with one attached hydrogen (secondary N) is 1. The third-order valence-corrected chi connectivity index (χ3v) is 6.08. The van der Waals surface area contributed by atoms with E-state index in [2.05, 4.69) is 15.3 Å². The number of likely N-dealkylation sites (tertiary alicyclic amines) is 1. The first-order chi connectivity index (χ1) is 16.6. The first-order valence-corrected chi connectivity index (χ1v) is 11.7. The number of hydrogen-bond donors (Lipinski definition) is 1. The summed E-state index contributed by atoms with van der Waals surface area (Å²) >= 11 is 0. The second-order valence-electron chi connectivity index (χ2n) is 10.1. The Kier molecular flexibility index (Phi) is 5.72. The molecule has 1 unspecified atom stereocenters. The van der Waals surface area contributed by atoms with Gasteiger partial charge in [-0.05, 0) is 39.3 Å². The molecule has 3 aromatic heterocycles. The Hall–Kier alpha value is -3.50. The summed E-state index contributed by atoms with van der Waals surface area (Å²) in [5, 5.41) is 3.41. The van der Waals surface area contributed by atoms with Crippen molar-refractivity contribution in [2.24, 2.45) is 0 Å². The van der Waals surface area contributed by atoms with Gasteiger partial charge in [0.15, 0.2) is 5.65 Å². The molecule has 1 amide bonds. The van der Waals surface area contributed by atoms with Crippen molar-refractivity contribution in [1.82, 2.24) is 24.3 Å². The van der Waals surface area contributed by atoms with Gasteiger partial charge in [-0.2, -0.15) is 0 Å². The molecule has 35 heavy (non-hydrogen) atoms. The maximum absolute atomic E-state index is 13.7. The van der Waals surface area contributed by atoms with Crippen LogP contribution >= 0.6 is 0 Å². The van der Waals surface area contributed by atoms with Gasteiger partial charge >= 0.3 is 6.09 Å². The van der Waals surface area contributed by atoms with Crippen LogP contribution in [0, 0.1) is 0 Å². The van der Waals surface area contributed by atoms with Crippen LogP contribution in [-0.2, 0) is 4.74 Å².